The summed E-state index contributed by atoms with van der Waals surface area (Å²) in [5, 5.41) is 0. The fraction of sp³-hybridized carbons (Fsp3) is 0.400. The van der Waals surface area contributed by atoms with E-state index in [9.17, 15) is 8.42 Å². The Morgan fingerprint density at radius 3 is 2.50 bits per heavy atom. The first kappa shape index (κ1) is 18.3. The van der Waals surface area contributed by atoms with E-state index in [1.807, 2.05) is 6.92 Å². The fourth-order valence-corrected chi connectivity index (χ4v) is 3.98. The van der Waals surface area contributed by atoms with Crippen LogP contribution in [0.1, 0.15) is 13.3 Å². The number of hydrogen-bond donors (Lipinski definition) is 2. The normalized spacial score (nSPS) is 12.9. The summed E-state index contributed by atoms with van der Waals surface area (Å²) in [4.78, 5) is 0.227. The molecule has 0 aliphatic carbocycles. The van der Waals surface area contributed by atoms with Crippen molar-refractivity contribution in [2.45, 2.75) is 24.3 Å². The van der Waals surface area contributed by atoms with Crippen LogP contribution in [-0.2, 0) is 10.0 Å². The summed E-state index contributed by atoms with van der Waals surface area (Å²) in [6.07, 6.45) is 0.605. The minimum absolute atomic E-state index is 0. The van der Waals surface area contributed by atoms with Crippen molar-refractivity contribution < 1.29 is 8.42 Å². The number of sulfonamides is 1. The third-order valence-electron chi connectivity index (χ3n) is 2.08. The summed E-state index contributed by atoms with van der Waals surface area (Å²) in [6, 6.07) is 4.90. The van der Waals surface area contributed by atoms with E-state index in [0.717, 1.165) is 4.47 Å². The smallest absolute Gasteiger partial charge is 0.241 e. The van der Waals surface area contributed by atoms with Gasteiger partial charge in [0.25, 0.3) is 0 Å². The van der Waals surface area contributed by atoms with Gasteiger partial charge in [0.2, 0.25) is 10.0 Å². The zero-order chi connectivity index (χ0) is 13.1. The van der Waals surface area contributed by atoms with Crippen LogP contribution < -0.4 is 10.5 Å². The third-order valence-corrected chi connectivity index (χ3v) is 5.01. The largest absolute Gasteiger partial charge is 0.328 e. The highest BCUT2D eigenvalue weighted by Crippen LogP contribution is 2.25. The number of benzene rings is 1. The van der Waals surface area contributed by atoms with Crippen molar-refractivity contribution in [2.24, 2.45) is 5.73 Å². The Balaban J connectivity index is 0.00000289. The van der Waals surface area contributed by atoms with Crippen LogP contribution in [-0.4, -0.2) is 21.0 Å². The van der Waals surface area contributed by atoms with E-state index in [-0.39, 0.29) is 23.3 Å². The van der Waals surface area contributed by atoms with E-state index >= 15 is 0 Å². The molecule has 104 valence electrons. The topological polar surface area (TPSA) is 72.2 Å². The Morgan fingerprint density at radius 1 is 1.39 bits per heavy atom. The molecule has 0 saturated carbocycles. The second-order valence-electron chi connectivity index (χ2n) is 3.74. The lowest BCUT2D eigenvalue weighted by Gasteiger charge is -2.09. The van der Waals surface area contributed by atoms with Crippen molar-refractivity contribution in [3.63, 3.8) is 0 Å². The fourth-order valence-electron chi connectivity index (χ4n) is 1.19. The molecule has 1 aromatic carbocycles. The van der Waals surface area contributed by atoms with E-state index in [4.69, 9.17) is 5.73 Å². The Labute approximate surface area is 130 Å². The molecular formula is C10H15Br2ClN2O2S. The molecule has 8 heteroatoms. The van der Waals surface area contributed by atoms with Gasteiger partial charge in [-0.1, -0.05) is 15.9 Å². The van der Waals surface area contributed by atoms with E-state index < -0.39 is 10.0 Å². The van der Waals surface area contributed by atoms with Gasteiger partial charge in [0.15, 0.2) is 0 Å². The lowest BCUT2D eigenvalue weighted by atomic mass is 10.3. The standard InChI is InChI=1S/C10H14Br2N2O2S.ClH/c1-7(13)4-5-14-17(15,16)10-3-2-8(11)6-9(10)12;/h2-3,6-7,14H,4-5,13H2,1H3;1H. The maximum Gasteiger partial charge on any atom is 0.241 e. The lowest BCUT2D eigenvalue weighted by Crippen LogP contribution is -2.29. The monoisotopic (exact) mass is 420 g/mol. The van der Waals surface area contributed by atoms with Crippen molar-refractivity contribution in [3.05, 3.63) is 27.1 Å². The first-order valence-corrected chi connectivity index (χ1v) is 8.10. The molecule has 0 heterocycles. The van der Waals surface area contributed by atoms with Crippen molar-refractivity contribution in [1.29, 1.82) is 0 Å². The molecule has 18 heavy (non-hydrogen) atoms. The summed E-state index contributed by atoms with van der Waals surface area (Å²) in [5.41, 5.74) is 5.56. The molecule has 0 spiro atoms. The average Bonchev–Trinajstić information content (AvgIpc) is 2.15. The minimum atomic E-state index is -3.48. The molecule has 1 aromatic rings. The number of hydrogen-bond acceptors (Lipinski definition) is 3. The molecule has 1 atom stereocenters. The van der Waals surface area contributed by atoms with Crippen LogP contribution in [0.25, 0.3) is 0 Å². The zero-order valence-electron chi connectivity index (χ0n) is 9.69. The van der Waals surface area contributed by atoms with Crippen LogP contribution in [0.15, 0.2) is 32.0 Å². The van der Waals surface area contributed by atoms with Crippen molar-refractivity contribution in [1.82, 2.24) is 4.72 Å². The van der Waals surface area contributed by atoms with Gasteiger partial charge in [-0.3, -0.25) is 0 Å². The second-order valence-corrected chi connectivity index (χ2v) is 7.24. The molecule has 4 nitrogen and oxygen atoms in total. The summed E-state index contributed by atoms with van der Waals surface area (Å²) in [6.45, 7) is 2.17. The van der Waals surface area contributed by atoms with Gasteiger partial charge < -0.3 is 5.73 Å². The molecule has 0 aromatic heterocycles. The maximum absolute atomic E-state index is 11.9. The van der Waals surface area contributed by atoms with Gasteiger partial charge in [-0.05, 0) is 47.5 Å². The van der Waals surface area contributed by atoms with Gasteiger partial charge in [-0.25, -0.2) is 13.1 Å². The van der Waals surface area contributed by atoms with Gasteiger partial charge in [0, 0.05) is 21.5 Å². The third kappa shape index (κ3) is 5.54. The molecule has 3 N–H and O–H groups in total. The highest BCUT2D eigenvalue weighted by Gasteiger charge is 2.17. The first-order valence-electron chi connectivity index (χ1n) is 5.03. The minimum Gasteiger partial charge on any atom is -0.328 e. The second kappa shape index (κ2) is 7.81. The molecule has 0 saturated heterocycles. The molecule has 0 aliphatic heterocycles. The number of halogens is 3. The van der Waals surface area contributed by atoms with Crippen LogP contribution in [0, 0.1) is 0 Å². The average molecular weight is 423 g/mol. The van der Waals surface area contributed by atoms with E-state index in [1.165, 1.54) is 0 Å². The van der Waals surface area contributed by atoms with Gasteiger partial charge in [0.1, 0.15) is 0 Å². The molecular weight excluding hydrogens is 407 g/mol. The lowest BCUT2D eigenvalue weighted by molar-refractivity contribution is 0.571. The van der Waals surface area contributed by atoms with Crippen LogP contribution in [0.5, 0.6) is 0 Å². The van der Waals surface area contributed by atoms with Crippen LogP contribution in [0.4, 0.5) is 0 Å². The van der Waals surface area contributed by atoms with Gasteiger partial charge in [0.05, 0.1) is 4.90 Å². The first-order chi connectivity index (χ1) is 7.83. The summed E-state index contributed by atoms with van der Waals surface area (Å²) in [5.74, 6) is 0. The van der Waals surface area contributed by atoms with Crippen molar-refractivity contribution in [2.75, 3.05) is 6.54 Å². The van der Waals surface area contributed by atoms with Crippen molar-refractivity contribution in [3.8, 4) is 0 Å². The summed E-state index contributed by atoms with van der Waals surface area (Å²) in [7, 11) is -3.48. The van der Waals surface area contributed by atoms with Crippen LogP contribution in [0.2, 0.25) is 0 Å². The molecule has 0 bridgehead atoms. The molecule has 1 rings (SSSR count). The van der Waals surface area contributed by atoms with Crippen molar-refractivity contribution >= 4 is 54.3 Å². The summed E-state index contributed by atoms with van der Waals surface area (Å²) < 4.78 is 27.8. The quantitative estimate of drug-likeness (QED) is 0.766. The zero-order valence-corrected chi connectivity index (χ0v) is 14.5. The molecule has 0 fully saturated rings. The molecule has 0 amide bonds. The predicted octanol–water partition coefficient (Wildman–Crippen LogP) is 2.65. The van der Waals surface area contributed by atoms with Crippen LogP contribution in [0.3, 0.4) is 0 Å². The number of nitrogens with one attached hydrogen (secondary N) is 1. The Bertz CT molecular complexity index is 495. The Morgan fingerprint density at radius 2 is 2.00 bits per heavy atom. The van der Waals surface area contributed by atoms with Gasteiger partial charge in [-0.15, -0.1) is 12.4 Å². The number of rotatable bonds is 5. The van der Waals surface area contributed by atoms with E-state index in [2.05, 4.69) is 36.6 Å². The highest BCUT2D eigenvalue weighted by molar-refractivity contribution is 9.11. The molecule has 0 radical (unpaired) electrons. The molecule has 1 unspecified atom stereocenters. The maximum atomic E-state index is 11.9. The van der Waals surface area contributed by atoms with Crippen LogP contribution >= 0.6 is 44.3 Å². The SMILES string of the molecule is CC(N)CCNS(=O)(=O)c1ccc(Br)cc1Br.Cl. The summed E-state index contributed by atoms with van der Waals surface area (Å²) >= 11 is 6.50. The van der Waals surface area contributed by atoms with E-state index in [1.54, 1.807) is 18.2 Å². The number of nitrogens with two attached hydrogens (primary N) is 1. The van der Waals surface area contributed by atoms with Gasteiger partial charge >= 0.3 is 0 Å². The highest BCUT2D eigenvalue weighted by atomic mass is 79.9. The van der Waals surface area contributed by atoms with E-state index in [0.29, 0.717) is 17.4 Å². The van der Waals surface area contributed by atoms with Gasteiger partial charge in [-0.2, -0.15) is 0 Å². The molecule has 0 aliphatic rings. The Hall–Kier alpha value is 0.340. The Kier molecular flexibility index (Phi) is 7.96. The predicted molar refractivity (Wildman–Crippen MR) is 82.5 cm³/mol.